The van der Waals surface area contributed by atoms with E-state index in [9.17, 15) is 39.0 Å². The highest BCUT2D eigenvalue weighted by molar-refractivity contribution is 5.94. The van der Waals surface area contributed by atoms with Gasteiger partial charge >= 0.3 is 24.1 Å². The Balaban J connectivity index is 1.11. The van der Waals surface area contributed by atoms with Gasteiger partial charge in [-0.3, -0.25) is 24.2 Å². The number of unbranched alkanes of at least 4 members (excludes halogenated alkanes) is 1. The van der Waals surface area contributed by atoms with Crippen molar-refractivity contribution in [3.05, 3.63) is 75.6 Å². The van der Waals surface area contributed by atoms with E-state index in [1.54, 1.807) is 62.7 Å². The van der Waals surface area contributed by atoms with Gasteiger partial charge in [-0.05, 0) is 123 Å². The molecule has 6 N–H and O–H groups in total. The van der Waals surface area contributed by atoms with Crippen LogP contribution in [0.15, 0.2) is 52.8 Å². The molecule has 3 aliphatic heterocycles. The number of cyclic esters (lactones) is 1. The number of nitrogens with one attached hydrogen (secondary N) is 2. The molecule has 0 unspecified atom stereocenters. The molecule has 24 heteroatoms. The average Bonchev–Trinajstić information content (AvgIpc) is 3.60. The summed E-state index contributed by atoms with van der Waals surface area (Å²) in [7, 11) is 5.23. The first-order chi connectivity index (χ1) is 39.8. The Morgan fingerprint density at radius 2 is 1.74 bits per heavy atom. The van der Waals surface area contributed by atoms with Crippen LogP contribution in [0.25, 0.3) is 17.0 Å². The van der Waals surface area contributed by atoms with Crippen LogP contribution in [0.1, 0.15) is 139 Å². The number of pyridine rings is 2. The summed E-state index contributed by atoms with van der Waals surface area (Å²) in [6.07, 6.45) is 3.11. The van der Waals surface area contributed by atoms with Crippen molar-refractivity contribution in [3.8, 4) is 0 Å². The number of likely N-dealkylation sites (N-methyl/N-ethyl adjacent to an activating group) is 1. The molecule has 3 saturated heterocycles. The minimum Gasteiger partial charge on any atom is -0.477 e. The number of rotatable bonds is 22. The minimum atomic E-state index is -1.54. The monoisotopic (exact) mass is 1180 g/mol. The van der Waals surface area contributed by atoms with Crippen LogP contribution >= 0.6 is 0 Å². The number of methoxy groups -OCH3 is 1. The Labute approximate surface area is 489 Å². The van der Waals surface area contributed by atoms with Gasteiger partial charge in [0.15, 0.2) is 18.0 Å². The second kappa shape index (κ2) is 28.1. The Hall–Kier alpha value is -6.57. The van der Waals surface area contributed by atoms with E-state index in [-0.39, 0.29) is 67.2 Å². The number of aliphatic hydroxyl groups excluding tert-OH is 1. The van der Waals surface area contributed by atoms with Crippen molar-refractivity contribution in [2.45, 2.75) is 173 Å². The summed E-state index contributed by atoms with van der Waals surface area (Å²) >= 11 is 0. The van der Waals surface area contributed by atoms with Gasteiger partial charge in [0.05, 0.1) is 52.6 Å². The van der Waals surface area contributed by atoms with E-state index < -0.39 is 118 Å². The third kappa shape index (κ3) is 15.1. The molecule has 1 saturated carbocycles. The van der Waals surface area contributed by atoms with Gasteiger partial charge < -0.3 is 74.0 Å². The number of nitrogens with two attached hydrogens (primary N) is 1. The molecule has 0 spiro atoms. The van der Waals surface area contributed by atoms with E-state index in [0.717, 1.165) is 18.9 Å². The lowest BCUT2D eigenvalue weighted by atomic mass is 9.73. The molecule has 1 amide bonds. The molecule has 1 aliphatic carbocycles. The number of aromatic nitrogens is 2. The number of anilines is 1. The fourth-order valence-electron chi connectivity index (χ4n) is 12.0. The van der Waals surface area contributed by atoms with E-state index in [4.69, 9.17) is 43.7 Å². The van der Waals surface area contributed by atoms with Crippen LogP contribution in [0.2, 0.25) is 0 Å². The van der Waals surface area contributed by atoms with E-state index in [2.05, 4.69) is 20.8 Å². The van der Waals surface area contributed by atoms with Crippen molar-refractivity contribution in [1.82, 2.24) is 19.8 Å². The smallest absolute Gasteiger partial charge is 0.477 e. The number of oxime groups is 1. The summed E-state index contributed by atoms with van der Waals surface area (Å²) in [4.78, 5) is 90.7. The largest absolute Gasteiger partial charge is 0.509 e. The summed E-state index contributed by atoms with van der Waals surface area (Å²) in [6, 6.07) is 3.89. The number of hydrogen-bond acceptors (Lipinski definition) is 20. The second-order valence-corrected chi connectivity index (χ2v) is 23.4. The quantitative estimate of drug-likeness (QED) is 0.0306. The van der Waals surface area contributed by atoms with Gasteiger partial charge in [0.2, 0.25) is 11.3 Å². The van der Waals surface area contributed by atoms with E-state index >= 15 is 4.39 Å². The number of carboxylic acids is 1. The van der Waals surface area contributed by atoms with Gasteiger partial charge in [0, 0.05) is 74.0 Å². The van der Waals surface area contributed by atoms with Crippen molar-refractivity contribution in [2.75, 3.05) is 52.8 Å². The van der Waals surface area contributed by atoms with Crippen molar-refractivity contribution >= 4 is 58.3 Å². The topological polar surface area (TPSA) is 300 Å². The van der Waals surface area contributed by atoms with E-state index in [0.29, 0.717) is 49.1 Å². The molecule has 1 aromatic carbocycles. The Morgan fingerprint density at radius 1 is 1.01 bits per heavy atom. The second-order valence-electron chi connectivity index (χ2n) is 23.4. The zero-order chi connectivity index (χ0) is 61.4. The van der Waals surface area contributed by atoms with Crippen LogP contribution in [0.4, 0.5) is 14.9 Å². The number of carbonyl (C=O) groups excluding carboxylic acids is 4. The highest BCUT2D eigenvalue weighted by atomic mass is 19.1. The standard InChI is InChI=1S/C60H84FN7O16/c1-12-46-60(8)53(83-58(76)84-60)34(4)48(66-78-23-15-16-37-25-38(54(62)72)30-64-29-37)32(2)28-59(7,77-11)52(82-57-50(71)45(67(9)10)24-33(3)79-57)35(5)51(36(6)56(75)80-46)81-47(69)19-22-63-20-13-14-21-65-43-27-44-40(26-42(43)61)49(70)41(55(73)74)31-68(44)39-17-18-39/h15-16,25-27,29-36,39,45-46,50-53,57,63,65,71H,12-14,17-24,28H2,1-11H3,(H2,62,72)(H,73,74)/b16-15+,66-48+/t32-,33-,34+,35+,36-,45+,46-,50-,51+,52-,53-,57+,59-,60-/m1/s1. The summed E-state index contributed by atoms with van der Waals surface area (Å²) in [6.45, 7) is 15.2. The summed E-state index contributed by atoms with van der Waals surface area (Å²) in [5.74, 6) is -7.37. The molecule has 84 heavy (non-hydrogen) atoms. The van der Waals surface area contributed by atoms with E-state index in [1.165, 1.54) is 19.5 Å². The van der Waals surface area contributed by atoms with Crippen LogP contribution in [0, 0.1) is 29.5 Å². The van der Waals surface area contributed by atoms with Crippen LogP contribution in [0.3, 0.4) is 0 Å². The molecular formula is C60H84FN7O16. The highest BCUT2D eigenvalue weighted by Crippen LogP contribution is 2.44. The maximum Gasteiger partial charge on any atom is 0.509 e. The maximum atomic E-state index is 15.3. The molecule has 4 fully saturated rings. The number of hydrogen-bond donors (Lipinski definition) is 5. The number of fused-ring (bicyclic) bond motifs is 2. The predicted octanol–water partition coefficient (Wildman–Crippen LogP) is 6.62. The van der Waals surface area contributed by atoms with Crippen LogP contribution in [-0.2, 0) is 47.6 Å². The fourth-order valence-corrected chi connectivity index (χ4v) is 12.0. The fraction of sp³-hybridized carbons (Fsp3) is 0.633. The van der Waals surface area contributed by atoms with Crippen LogP contribution in [-0.4, -0.2) is 168 Å². The first-order valence-corrected chi connectivity index (χ1v) is 29.0. The summed E-state index contributed by atoms with van der Waals surface area (Å²) < 4.78 is 61.5. The number of amides is 1. The first-order valence-electron chi connectivity index (χ1n) is 29.0. The lowest BCUT2D eigenvalue weighted by molar-refractivity contribution is -0.301. The van der Waals surface area contributed by atoms with Crippen molar-refractivity contribution in [1.29, 1.82) is 0 Å². The highest BCUT2D eigenvalue weighted by Gasteiger charge is 2.59. The minimum absolute atomic E-state index is 0.00712. The number of carboxylic acid groups (broad SMARTS) is 1. The lowest BCUT2D eigenvalue weighted by Gasteiger charge is -2.48. The Kier molecular flexibility index (Phi) is 21.7. The Morgan fingerprint density at radius 3 is 2.40 bits per heavy atom. The van der Waals surface area contributed by atoms with E-state index in [1.807, 2.05) is 46.7 Å². The molecule has 462 valence electrons. The number of ether oxygens (including phenoxy) is 7. The number of esters is 2. The number of benzene rings is 1. The van der Waals surface area contributed by atoms with Gasteiger partial charge in [-0.25, -0.2) is 14.0 Å². The normalized spacial score (nSPS) is 31.0. The summed E-state index contributed by atoms with van der Waals surface area (Å²) in [5.41, 5.74) is 3.34. The van der Waals surface area contributed by atoms with Gasteiger partial charge in [0.25, 0.3) is 0 Å². The van der Waals surface area contributed by atoms with Crippen molar-refractivity contribution in [3.63, 3.8) is 0 Å². The number of aromatic carboxylic acids is 1. The molecule has 0 radical (unpaired) electrons. The molecule has 23 nitrogen and oxygen atoms in total. The van der Waals surface area contributed by atoms with Crippen LogP contribution < -0.4 is 21.8 Å². The molecule has 2 aromatic heterocycles. The number of halogens is 1. The van der Waals surface area contributed by atoms with Gasteiger partial charge in [-0.15, -0.1) is 0 Å². The SMILES string of the molecule is CC[C@H]1OC(=O)[C@H](C)[C@@H](OC(=O)CCNCCCCNc2cc3c(cc2F)c(=O)c(C(=O)O)cn3C2CC2)[C@H](C)[C@@H](O[C@@H]2O[C@H](C)C[C@H](N(C)C)[C@H]2O)[C@](C)(OC)C[C@@H](C)/C(=N\OC/C=C/c2cncc(C(N)=O)c2)[C@H](C)[C@H]2OC(=O)O[C@@]21C. The third-order valence-electron chi connectivity index (χ3n) is 16.8. The number of carbonyl (C=O) groups is 5. The average molecular weight is 1180 g/mol. The van der Waals surface area contributed by atoms with Crippen molar-refractivity contribution in [2.24, 2.45) is 34.6 Å². The first kappa shape index (κ1) is 65.0. The van der Waals surface area contributed by atoms with Gasteiger partial charge in [0.1, 0.15) is 36.3 Å². The number of nitrogens with zero attached hydrogens (tertiary/aromatic N) is 4. The molecule has 0 bridgehead atoms. The molecule has 4 aliphatic rings. The number of primary amides is 1. The van der Waals surface area contributed by atoms with Crippen LogP contribution in [0.5, 0.6) is 0 Å². The molecule has 5 heterocycles. The third-order valence-corrected chi connectivity index (χ3v) is 16.8. The maximum absolute atomic E-state index is 15.3. The summed E-state index contributed by atoms with van der Waals surface area (Å²) in [5, 5.41) is 32.6. The predicted molar refractivity (Wildman–Crippen MR) is 308 cm³/mol. The zero-order valence-electron chi connectivity index (χ0n) is 50.0. The van der Waals surface area contributed by atoms with Gasteiger partial charge in [-0.1, -0.05) is 38.9 Å². The lowest BCUT2D eigenvalue weighted by Crippen LogP contribution is -2.60. The molecule has 3 aromatic rings. The molecule has 14 atom stereocenters. The van der Waals surface area contributed by atoms with Gasteiger partial charge in [-0.2, -0.15) is 0 Å². The zero-order valence-corrected chi connectivity index (χ0v) is 50.0. The molecule has 7 rings (SSSR count). The Bertz CT molecular complexity index is 2970. The molecular weight excluding hydrogens is 1090 g/mol. The van der Waals surface area contributed by atoms with Crippen molar-refractivity contribution < 1.29 is 76.6 Å². The number of aliphatic hydroxyl groups is 1.